The van der Waals surface area contributed by atoms with Gasteiger partial charge in [0.1, 0.15) is 5.82 Å². The minimum atomic E-state index is -0.377. The molecule has 6 nitrogen and oxygen atoms in total. The zero-order valence-electron chi connectivity index (χ0n) is 10.2. The fourth-order valence-corrected chi connectivity index (χ4v) is 1.79. The number of aromatic amines is 1. The first kappa shape index (κ1) is 12.1. The molecule has 94 valence electrons. The fourth-order valence-electron chi connectivity index (χ4n) is 1.79. The van der Waals surface area contributed by atoms with Crippen LogP contribution in [0.15, 0.2) is 30.6 Å². The lowest BCUT2D eigenvalue weighted by atomic mass is 10.1. The smallest absolute Gasteiger partial charge is 0.274 e. The first-order chi connectivity index (χ1) is 8.59. The van der Waals surface area contributed by atoms with Crippen LogP contribution in [0, 0.1) is 17.0 Å². The lowest BCUT2D eigenvalue weighted by molar-refractivity contribution is -0.385. The van der Waals surface area contributed by atoms with Crippen molar-refractivity contribution in [2.24, 2.45) is 0 Å². The van der Waals surface area contributed by atoms with E-state index < -0.39 is 0 Å². The van der Waals surface area contributed by atoms with Gasteiger partial charge >= 0.3 is 0 Å². The molecule has 6 heteroatoms. The molecular weight excluding hydrogens is 232 g/mol. The molecule has 2 N–H and O–H groups in total. The number of nitro groups is 1. The fraction of sp³-hybridized carbons (Fsp3) is 0.250. The van der Waals surface area contributed by atoms with E-state index >= 15 is 0 Å². The summed E-state index contributed by atoms with van der Waals surface area (Å²) in [5.41, 5.74) is 1.49. The summed E-state index contributed by atoms with van der Waals surface area (Å²) in [5, 5.41) is 14.1. The van der Waals surface area contributed by atoms with Crippen LogP contribution in [-0.4, -0.2) is 14.9 Å². The maximum Gasteiger partial charge on any atom is 0.274 e. The zero-order chi connectivity index (χ0) is 13.1. The number of hydrogen-bond acceptors (Lipinski definition) is 4. The second-order valence-electron chi connectivity index (χ2n) is 4.05. The number of anilines is 1. The predicted molar refractivity (Wildman–Crippen MR) is 68.5 cm³/mol. The van der Waals surface area contributed by atoms with Gasteiger partial charge in [-0.25, -0.2) is 4.98 Å². The van der Waals surface area contributed by atoms with Crippen molar-refractivity contribution in [1.29, 1.82) is 0 Å². The average Bonchev–Trinajstić information content (AvgIpc) is 2.85. The molecule has 18 heavy (non-hydrogen) atoms. The van der Waals surface area contributed by atoms with Gasteiger partial charge in [0.25, 0.3) is 5.69 Å². The van der Waals surface area contributed by atoms with E-state index in [1.54, 1.807) is 25.4 Å². The van der Waals surface area contributed by atoms with Gasteiger partial charge in [-0.15, -0.1) is 0 Å². The van der Waals surface area contributed by atoms with E-state index in [1.165, 1.54) is 6.07 Å². The van der Waals surface area contributed by atoms with E-state index in [0.717, 1.165) is 11.5 Å². The number of nitrogens with one attached hydrogen (secondary N) is 2. The van der Waals surface area contributed by atoms with E-state index in [1.807, 2.05) is 13.0 Å². The minimum absolute atomic E-state index is 0.0410. The van der Waals surface area contributed by atoms with Gasteiger partial charge in [0.05, 0.1) is 11.0 Å². The van der Waals surface area contributed by atoms with Crippen LogP contribution in [0.4, 0.5) is 11.4 Å². The molecule has 0 amide bonds. The summed E-state index contributed by atoms with van der Waals surface area (Å²) in [5.74, 6) is 0.793. The Morgan fingerprint density at radius 2 is 2.28 bits per heavy atom. The lowest BCUT2D eigenvalue weighted by Gasteiger charge is -2.14. The molecule has 0 aliphatic carbocycles. The molecule has 0 spiro atoms. The number of nitrogens with zero attached hydrogens (tertiary/aromatic N) is 2. The van der Waals surface area contributed by atoms with Crippen LogP contribution < -0.4 is 5.32 Å². The van der Waals surface area contributed by atoms with Crippen molar-refractivity contribution in [3.05, 3.63) is 52.1 Å². The van der Waals surface area contributed by atoms with Crippen molar-refractivity contribution in [2.75, 3.05) is 5.32 Å². The Hall–Kier alpha value is -2.37. The third kappa shape index (κ3) is 2.32. The Morgan fingerprint density at radius 1 is 1.50 bits per heavy atom. The Morgan fingerprint density at radius 3 is 2.89 bits per heavy atom. The van der Waals surface area contributed by atoms with Gasteiger partial charge < -0.3 is 10.3 Å². The molecule has 1 heterocycles. The topological polar surface area (TPSA) is 83.8 Å². The van der Waals surface area contributed by atoms with Crippen LogP contribution >= 0.6 is 0 Å². The van der Waals surface area contributed by atoms with Crippen LogP contribution in [0.2, 0.25) is 0 Å². The summed E-state index contributed by atoms with van der Waals surface area (Å²) in [7, 11) is 0. The molecule has 0 fully saturated rings. The first-order valence-electron chi connectivity index (χ1n) is 5.59. The summed E-state index contributed by atoms with van der Waals surface area (Å²) in [6, 6.07) is 4.95. The average molecular weight is 246 g/mol. The maximum atomic E-state index is 10.8. The van der Waals surface area contributed by atoms with E-state index in [9.17, 15) is 10.1 Å². The molecule has 1 aromatic carbocycles. The second-order valence-corrected chi connectivity index (χ2v) is 4.05. The molecule has 0 bridgehead atoms. The largest absolute Gasteiger partial charge is 0.375 e. The molecule has 0 aliphatic rings. The standard InChI is InChI=1S/C12H14N4O2/c1-8-10(4-3-5-11(8)16(17)18)15-9(2)12-13-6-7-14-12/h3-7,9,15H,1-2H3,(H,13,14). The number of H-pyrrole nitrogens is 1. The zero-order valence-corrected chi connectivity index (χ0v) is 10.2. The summed E-state index contributed by atoms with van der Waals surface area (Å²) in [6.45, 7) is 3.67. The molecule has 0 aliphatic heterocycles. The highest BCUT2D eigenvalue weighted by Gasteiger charge is 2.15. The summed E-state index contributed by atoms with van der Waals surface area (Å²) in [6.07, 6.45) is 3.42. The molecule has 0 radical (unpaired) electrons. The van der Waals surface area contributed by atoms with Crippen LogP contribution in [0.3, 0.4) is 0 Å². The van der Waals surface area contributed by atoms with Crippen molar-refractivity contribution in [3.8, 4) is 0 Å². The number of aromatic nitrogens is 2. The maximum absolute atomic E-state index is 10.8. The van der Waals surface area contributed by atoms with Gasteiger partial charge in [0.15, 0.2) is 0 Å². The SMILES string of the molecule is Cc1c(NC(C)c2ncc[nH]2)cccc1[N+](=O)[O-]. The van der Waals surface area contributed by atoms with E-state index in [2.05, 4.69) is 15.3 Å². The van der Waals surface area contributed by atoms with Crippen LogP contribution in [0.1, 0.15) is 24.4 Å². The van der Waals surface area contributed by atoms with Crippen LogP contribution in [0.25, 0.3) is 0 Å². The highest BCUT2D eigenvalue weighted by atomic mass is 16.6. The van der Waals surface area contributed by atoms with Gasteiger partial charge in [-0.2, -0.15) is 0 Å². The van der Waals surface area contributed by atoms with Gasteiger partial charge in [-0.1, -0.05) is 6.07 Å². The lowest BCUT2D eigenvalue weighted by Crippen LogP contribution is -2.09. The van der Waals surface area contributed by atoms with Crippen molar-refractivity contribution >= 4 is 11.4 Å². The van der Waals surface area contributed by atoms with Crippen LogP contribution in [0.5, 0.6) is 0 Å². The Labute approximate surface area is 104 Å². The van der Waals surface area contributed by atoms with Crippen molar-refractivity contribution in [1.82, 2.24) is 9.97 Å². The number of benzene rings is 1. The minimum Gasteiger partial charge on any atom is -0.375 e. The Kier molecular flexibility index (Phi) is 3.27. The molecule has 2 aromatic rings. The molecule has 2 rings (SSSR count). The van der Waals surface area contributed by atoms with Crippen molar-refractivity contribution in [2.45, 2.75) is 19.9 Å². The van der Waals surface area contributed by atoms with Gasteiger partial charge in [-0.3, -0.25) is 10.1 Å². The molecular formula is C12H14N4O2. The third-order valence-corrected chi connectivity index (χ3v) is 2.80. The molecule has 1 atom stereocenters. The van der Waals surface area contributed by atoms with Gasteiger partial charge in [-0.05, 0) is 19.9 Å². The highest BCUT2D eigenvalue weighted by molar-refractivity contribution is 5.60. The van der Waals surface area contributed by atoms with Crippen molar-refractivity contribution < 1.29 is 4.92 Å². The number of hydrogen-bond donors (Lipinski definition) is 2. The normalized spacial score (nSPS) is 12.1. The van der Waals surface area contributed by atoms with E-state index in [0.29, 0.717) is 5.56 Å². The number of rotatable bonds is 4. The monoisotopic (exact) mass is 246 g/mol. The first-order valence-corrected chi connectivity index (χ1v) is 5.59. The Balaban J connectivity index is 2.24. The highest BCUT2D eigenvalue weighted by Crippen LogP contribution is 2.27. The number of imidazole rings is 1. The molecule has 1 unspecified atom stereocenters. The predicted octanol–water partition coefficient (Wildman–Crippen LogP) is 2.80. The summed E-state index contributed by atoms with van der Waals surface area (Å²) < 4.78 is 0. The van der Waals surface area contributed by atoms with Gasteiger partial charge in [0.2, 0.25) is 0 Å². The quantitative estimate of drug-likeness (QED) is 0.641. The molecule has 0 saturated carbocycles. The third-order valence-electron chi connectivity index (χ3n) is 2.80. The van der Waals surface area contributed by atoms with Gasteiger partial charge in [0, 0.05) is 29.7 Å². The second kappa shape index (κ2) is 4.87. The summed E-state index contributed by atoms with van der Waals surface area (Å²) in [4.78, 5) is 17.6. The van der Waals surface area contributed by atoms with E-state index in [4.69, 9.17) is 0 Å². The Bertz CT molecular complexity index is 551. The molecule has 0 saturated heterocycles. The van der Waals surface area contributed by atoms with E-state index in [-0.39, 0.29) is 16.7 Å². The summed E-state index contributed by atoms with van der Waals surface area (Å²) >= 11 is 0. The number of nitro benzene ring substituents is 1. The van der Waals surface area contributed by atoms with Crippen molar-refractivity contribution in [3.63, 3.8) is 0 Å². The van der Waals surface area contributed by atoms with Crippen LogP contribution in [-0.2, 0) is 0 Å². The molecule has 1 aromatic heterocycles.